The Bertz CT molecular complexity index is 2390. The van der Waals surface area contributed by atoms with E-state index < -0.39 is 23.5 Å². The van der Waals surface area contributed by atoms with Crippen molar-refractivity contribution in [2.24, 2.45) is 0 Å². The first-order valence-electron chi connectivity index (χ1n) is 20.6. The van der Waals surface area contributed by atoms with E-state index in [1.54, 1.807) is 0 Å². The third kappa shape index (κ3) is 10.6. The van der Waals surface area contributed by atoms with Crippen LogP contribution in [0.4, 0.5) is 26.3 Å². The monoisotopic (exact) mass is 964 g/mol. The van der Waals surface area contributed by atoms with Crippen LogP contribution in [0.5, 0.6) is 0 Å². The molecule has 0 N–H and O–H groups in total. The first-order chi connectivity index (χ1) is 27.7. The average Bonchev–Trinajstić information content (AvgIpc) is 3.88. The summed E-state index contributed by atoms with van der Waals surface area (Å²) in [6.07, 6.45) is 0.478. The molecule has 0 nitrogen and oxygen atoms in total. The van der Waals surface area contributed by atoms with Gasteiger partial charge in [0.1, 0.15) is 0 Å². The topological polar surface area (TPSA) is 0 Å². The first-order valence-corrected chi connectivity index (χ1v) is 21.9. The van der Waals surface area contributed by atoms with E-state index in [9.17, 15) is 26.3 Å². The molecule has 0 heterocycles. The van der Waals surface area contributed by atoms with Crippen molar-refractivity contribution < 1.29 is 75.4 Å². The Kier molecular flexibility index (Phi) is 15.4. The van der Waals surface area contributed by atoms with Gasteiger partial charge in [-0.2, -0.15) is 28.3 Å². The predicted molar refractivity (Wildman–Crippen MR) is 232 cm³/mol. The third-order valence-corrected chi connectivity index (χ3v) is 13.4. The van der Waals surface area contributed by atoms with Gasteiger partial charge in [-0.1, -0.05) is 111 Å². The molecule has 0 saturated carbocycles. The van der Waals surface area contributed by atoms with Crippen LogP contribution in [0.25, 0.3) is 22.3 Å². The van der Waals surface area contributed by atoms with Crippen molar-refractivity contribution >= 4 is 14.4 Å². The predicted octanol–water partition coefficient (Wildman–Crippen LogP) is 9.13. The third-order valence-electron chi connectivity index (χ3n) is 12.0. The normalized spacial score (nSPS) is 15.2. The Hall–Kier alpha value is -3.38. The van der Waals surface area contributed by atoms with Gasteiger partial charge in [-0.05, 0) is 58.4 Å². The van der Waals surface area contributed by atoms with Crippen LogP contribution in [0.3, 0.4) is 0 Å². The van der Waals surface area contributed by atoms with Gasteiger partial charge < -0.3 is 24.8 Å². The quantitative estimate of drug-likeness (QED) is 0.122. The van der Waals surface area contributed by atoms with Crippen LogP contribution < -0.4 is 24.8 Å². The van der Waals surface area contributed by atoms with Gasteiger partial charge in [0.2, 0.25) is 0 Å². The Morgan fingerprint density at radius 3 is 1.63 bits per heavy atom. The zero-order chi connectivity index (χ0) is 44.3. The van der Waals surface area contributed by atoms with Crippen LogP contribution in [-0.4, -0.2) is 3.21 Å². The molecule has 0 aliphatic heterocycles. The van der Waals surface area contributed by atoms with E-state index in [0.29, 0.717) is 8.62 Å². The van der Waals surface area contributed by atoms with Crippen molar-refractivity contribution in [2.45, 2.75) is 124 Å². The van der Waals surface area contributed by atoms with Crippen molar-refractivity contribution in [1.82, 2.24) is 0 Å². The Balaban J connectivity index is 0.000000211. The van der Waals surface area contributed by atoms with Crippen LogP contribution in [0.15, 0.2) is 91.0 Å². The minimum absolute atomic E-state index is 0. The van der Waals surface area contributed by atoms with Gasteiger partial charge in [0.05, 0.1) is 0 Å². The molecule has 0 amide bonds. The number of allylic oxidation sites excluding steroid dienone is 4. The Morgan fingerprint density at radius 1 is 0.677 bits per heavy atom. The summed E-state index contributed by atoms with van der Waals surface area (Å²) in [6, 6.07) is 23.7. The van der Waals surface area contributed by atoms with Crippen molar-refractivity contribution in [3.8, 4) is 11.1 Å². The maximum atomic E-state index is 12.7. The van der Waals surface area contributed by atoms with Gasteiger partial charge in [-0.15, -0.1) is 11.6 Å². The number of hydrogen-bond donors (Lipinski definition) is 0. The molecule has 0 spiro atoms. The second-order valence-electron chi connectivity index (χ2n) is 18.5. The number of rotatable bonds is 4. The molecule has 3 aliphatic carbocycles. The minimum Gasteiger partial charge on any atom is -1.00 e. The van der Waals surface area contributed by atoms with Crippen molar-refractivity contribution in [3.63, 3.8) is 0 Å². The van der Waals surface area contributed by atoms with Gasteiger partial charge in [0.15, 0.2) is 0 Å². The Morgan fingerprint density at radius 2 is 1.18 bits per heavy atom. The second kappa shape index (κ2) is 18.6. The van der Waals surface area contributed by atoms with E-state index in [4.69, 9.17) is 0 Å². The molecule has 5 aromatic rings. The van der Waals surface area contributed by atoms with E-state index in [2.05, 4.69) is 125 Å². The van der Waals surface area contributed by atoms with Crippen LogP contribution in [0.2, 0.25) is 0 Å². The van der Waals surface area contributed by atoms with Gasteiger partial charge in [-0.25, -0.2) is 11.6 Å². The van der Waals surface area contributed by atoms with Gasteiger partial charge in [0, 0.05) is 5.41 Å². The fraction of sp³-hybridized carbons (Fsp3) is 0.358. The molecule has 328 valence electrons. The zero-order valence-electron chi connectivity index (χ0n) is 37.3. The second-order valence-corrected chi connectivity index (χ2v) is 19.7. The molecule has 3 aliphatic rings. The SMILES string of the molecule is CC1=[C-]C(C)(C)c2cc3c(cc21)-c1cc2c(cc1C3)C(C)(C)C=C2C.CCc1cc(C(C)(C)C)c(CC)[cH-]1.FC(F)(F)c1cccc([C](=[Zr+2])c2cccc(C(F)(F)F)c2)c1.[Cl-].[Cl-]. The number of hydrogen-bond acceptors (Lipinski definition) is 0. The van der Waals surface area contributed by atoms with E-state index in [1.165, 1.54) is 96.6 Å². The van der Waals surface area contributed by atoms with Crippen molar-refractivity contribution in [2.75, 3.05) is 0 Å². The summed E-state index contributed by atoms with van der Waals surface area (Å²) >= 11 is 0.729. The van der Waals surface area contributed by atoms with Crippen LogP contribution in [0.1, 0.15) is 148 Å². The van der Waals surface area contributed by atoms with Gasteiger partial charge >= 0.3 is 137 Å². The van der Waals surface area contributed by atoms with E-state index >= 15 is 0 Å². The molecule has 9 heteroatoms. The molecule has 0 fully saturated rings. The van der Waals surface area contributed by atoms with Gasteiger partial charge in [-0.3, -0.25) is 6.08 Å². The number of alkyl halides is 6. The number of fused-ring (bicyclic) bond motifs is 5. The maximum absolute atomic E-state index is 12.7. The fourth-order valence-corrected chi connectivity index (χ4v) is 9.72. The average molecular weight is 967 g/mol. The van der Waals surface area contributed by atoms with Crippen molar-refractivity contribution in [1.29, 1.82) is 0 Å². The molecule has 0 radical (unpaired) electrons. The summed E-state index contributed by atoms with van der Waals surface area (Å²) in [6.45, 7) is 25.0. The molecule has 0 saturated heterocycles. The zero-order valence-corrected chi connectivity index (χ0v) is 41.3. The van der Waals surface area contributed by atoms with Crippen LogP contribution in [0, 0.1) is 6.08 Å². The van der Waals surface area contributed by atoms with Crippen LogP contribution >= 0.6 is 0 Å². The summed E-state index contributed by atoms with van der Waals surface area (Å²) in [7, 11) is 0. The fourth-order valence-electron chi connectivity index (χ4n) is 8.96. The molecule has 0 atom stereocenters. The van der Waals surface area contributed by atoms with E-state index in [1.807, 2.05) is 0 Å². The van der Waals surface area contributed by atoms with E-state index in [-0.39, 0.29) is 46.8 Å². The van der Waals surface area contributed by atoms with E-state index in [0.717, 1.165) is 67.8 Å². The summed E-state index contributed by atoms with van der Waals surface area (Å²) in [5.74, 6) is 0. The molecule has 0 unspecified atom stereocenters. The molecule has 0 bridgehead atoms. The number of halogens is 8. The number of benzene rings is 4. The summed E-state index contributed by atoms with van der Waals surface area (Å²) in [5, 5.41) is 0. The molecule has 62 heavy (non-hydrogen) atoms. The largest absolute Gasteiger partial charge is 1.00 e. The summed E-state index contributed by atoms with van der Waals surface area (Å²) in [5.41, 5.74) is 18.3. The molecule has 8 rings (SSSR count). The Labute approximate surface area is 391 Å². The molecule has 5 aromatic carbocycles. The van der Waals surface area contributed by atoms with Crippen molar-refractivity contribution in [3.05, 3.63) is 169 Å². The smallest absolute Gasteiger partial charge is 1.00 e. The molecule has 0 aromatic heterocycles. The first kappa shape index (κ1) is 51.3. The number of aryl methyl sites for hydroxylation is 2. The minimum atomic E-state index is -4.49. The summed E-state index contributed by atoms with van der Waals surface area (Å²) < 4.78 is 76.7. The summed E-state index contributed by atoms with van der Waals surface area (Å²) in [4.78, 5) is 0. The standard InChI is InChI=1S/C25H25.C15H8F6.C13H21.2ClH.Zr/c1-14-12-24(3,4)22-8-16-7-17-9-23-19(15(2)13-25(23,5)6)11-21(17)20(16)10-18(14)22;16-14(17,18)12-5-1-3-10(8-12)7-11-4-2-6-13(9-11)15(19,20)21;1-6-10-8-11(7-2)12(9-10)13(3,4)5;;;/h8-12H,7H2,1-6H3;1-6,8-9H;8-9H,6-7H2,1-5H3;2*1H;/q-1;;-1;;;+2/p-2. The molecular formula is C53H54Cl2F6Zr-2. The maximum Gasteiger partial charge on any atom is -1.00 e. The van der Waals surface area contributed by atoms with Crippen LogP contribution in [-0.2, 0) is 72.1 Å². The molecular weight excluding hydrogens is 913 g/mol. The van der Waals surface area contributed by atoms with Gasteiger partial charge in [0.25, 0.3) is 0 Å².